The molecule has 0 radical (unpaired) electrons. The predicted octanol–water partition coefficient (Wildman–Crippen LogP) is 2.32. The van der Waals surface area contributed by atoms with E-state index in [1.165, 1.54) is 16.4 Å². The molecule has 31 heavy (non-hydrogen) atoms. The van der Waals surface area contributed by atoms with Crippen molar-refractivity contribution in [2.24, 2.45) is 0 Å². The summed E-state index contributed by atoms with van der Waals surface area (Å²) in [6, 6.07) is 11.7. The SMILES string of the molecule is Cc1cccc(OCC(=O)NNC(=O)c2ccc(C)c(S(=O)(=O)N3CCCCC3)c2)c1. The van der Waals surface area contributed by atoms with Gasteiger partial charge in [0, 0.05) is 18.7 Å². The van der Waals surface area contributed by atoms with E-state index in [-0.39, 0.29) is 17.1 Å². The molecular formula is C22H27N3O5S. The Morgan fingerprint density at radius 2 is 1.74 bits per heavy atom. The van der Waals surface area contributed by atoms with Gasteiger partial charge < -0.3 is 4.74 Å². The predicted molar refractivity (Wildman–Crippen MR) is 116 cm³/mol. The highest BCUT2D eigenvalue weighted by atomic mass is 32.2. The molecule has 0 bridgehead atoms. The third-order valence-corrected chi connectivity index (χ3v) is 7.10. The van der Waals surface area contributed by atoms with Gasteiger partial charge in [0.25, 0.3) is 11.8 Å². The van der Waals surface area contributed by atoms with Crippen LogP contribution in [0.3, 0.4) is 0 Å². The van der Waals surface area contributed by atoms with Gasteiger partial charge in [-0.3, -0.25) is 20.4 Å². The van der Waals surface area contributed by atoms with Crippen LogP contribution in [0.4, 0.5) is 0 Å². The molecule has 1 aliphatic rings. The number of aryl methyl sites for hydroxylation is 2. The molecule has 0 unspecified atom stereocenters. The van der Waals surface area contributed by atoms with Gasteiger partial charge in [-0.05, 0) is 62.1 Å². The van der Waals surface area contributed by atoms with Gasteiger partial charge in [0.1, 0.15) is 5.75 Å². The topological polar surface area (TPSA) is 105 Å². The summed E-state index contributed by atoms with van der Waals surface area (Å²) < 4.78 is 32.8. The van der Waals surface area contributed by atoms with Gasteiger partial charge in [0.15, 0.2) is 6.61 Å². The second kappa shape index (κ2) is 9.93. The molecule has 0 aromatic heterocycles. The fourth-order valence-electron chi connectivity index (χ4n) is 3.35. The zero-order valence-electron chi connectivity index (χ0n) is 17.7. The zero-order valence-corrected chi connectivity index (χ0v) is 18.5. The summed E-state index contributed by atoms with van der Waals surface area (Å²) in [5, 5.41) is 0. The van der Waals surface area contributed by atoms with Crippen LogP contribution in [0.15, 0.2) is 47.4 Å². The first-order valence-electron chi connectivity index (χ1n) is 10.2. The number of benzene rings is 2. The van der Waals surface area contributed by atoms with E-state index >= 15 is 0 Å². The molecule has 2 aromatic carbocycles. The molecule has 0 atom stereocenters. The molecular weight excluding hydrogens is 418 g/mol. The van der Waals surface area contributed by atoms with Crippen LogP contribution >= 0.6 is 0 Å². The van der Waals surface area contributed by atoms with Crippen molar-refractivity contribution in [3.8, 4) is 5.75 Å². The second-order valence-electron chi connectivity index (χ2n) is 7.55. The summed E-state index contributed by atoms with van der Waals surface area (Å²) in [6.07, 6.45) is 2.67. The highest BCUT2D eigenvalue weighted by Crippen LogP contribution is 2.24. The molecule has 1 aliphatic heterocycles. The molecule has 166 valence electrons. The molecule has 0 spiro atoms. The molecule has 0 aliphatic carbocycles. The van der Waals surface area contributed by atoms with Gasteiger partial charge in [-0.25, -0.2) is 8.42 Å². The summed E-state index contributed by atoms with van der Waals surface area (Å²) in [5.74, 6) is -0.602. The molecule has 1 fully saturated rings. The van der Waals surface area contributed by atoms with Crippen LogP contribution in [0.5, 0.6) is 5.75 Å². The Hall–Kier alpha value is -2.91. The third kappa shape index (κ3) is 5.83. The van der Waals surface area contributed by atoms with Gasteiger partial charge in [0.05, 0.1) is 4.90 Å². The summed E-state index contributed by atoms with van der Waals surface area (Å²) >= 11 is 0. The monoisotopic (exact) mass is 445 g/mol. The number of carbonyl (C=O) groups excluding carboxylic acids is 2. The maximum absolute atomic E-state index is 13.0. The van der Waals surface area contributed by atoms with E-state index in [1.54, 1.807) is 25.1 Å². The quantitative estimate of drug-likeness (QED) is 0.664. The number of nitrogens with one attached hydrogen (secondary N) is 2. The van der Waals surface area contributed by atoms with Gasteiger partial charge in [-0.2, -0.15) is 4.31 Å². The Labute approximate surface area is 182 Å². The molecule has 9 heteroatoms. The standard InChI is InChI=1S/C22H27N3O5S/c1-16-7-6-8-19(13-16)30-15-21(26)23-24-22(27)18-10-9-17(2)20(14-18)31(28,29)25-11-4-3-5-12-25/h6-10,13-14H,3-5,11-12,15H2,1-2H3,(H,23,26)(H,24,27). The van der Waals surface area contributed by atoms with E-state index in [0.29, 0.717) is 24.4 Å². The number of hydrazine groups is 1. The molecule has 3 rings (SSSR count). The molecule has 2 aromatic rings. The number of rotatable bonds is 6. The Morgan fingerprint density at radius 3 is 2.45 bits per heavy atom. The first-order valence-corrected chi connectivity index (χ1v) is 11.6. The molecule has 8 nitrogen and oxygen atoms in total. The van der Waals surface area contributed by atoms with Crippen LogP contribution in [0, 0.1) is 13.8 Å². The lowest BCUT2D eigenvalue weighted by Gasteiger charge is -2.26. The van der Waals surface area contributed by atoms with E-state index in [4.69, 9.17) is 4.74 Å². The Morgan fingerprint density at radius 1 is 1.00 bits per heavy atom. The van der Waals surface area contributed by atoms with Crippen molar-refractivity contribution in [2.45, 2.75) is 38.0 Å². The summed E-state index contributed by atoms with van der Waals surface area (Å²) in [5.41, 5.74) is 6.28. The van der Waals surface area contributed by atoms with Gasteiger partial charge in [-0.15, -0.1) is 0 Å². The maximum atomic E-state index is 13.0. The number of carbonyl (C=O) groups is 2. The number of hydrogen-bond acceptors (Lipinski definition) is 5. The average molecular weight is 446 g/mol. The van der Waals surface area contributed by atoms with Crippen LogP contribution in [0.1, 0.15) is 40.7 Å². The van der Waals surface area contributed by atoms with Crippen molar-refractivity contribution in [3.63, 3.8) is 0 Å². The minimum atomic E-state index is -3.68. The van der Waals surface area contributed by atoms with Gasteiger partial charge in [0.2, 0.25) is 10.0 Å². The van der Waals surface area contributed by atoms with Crippen molar-refractivity contribution in [1.29, 1.82) is 0 Å². The fourth-order valence-corrected chi connectivity index (χ4v) is 5.12. The van der Waals surface area contributed by atoms with Crippen LogP contribution in [-0.2, 0) is 14.8 Å². The van der Waals surface area contributed by atoms with Gasteiger partial charge >= 0.3 is 0 Å². The van der Waals surface area contributed by atoms with Crippen molar-refractivity contribution in [1.82, 2.24) is 15.2 Å². The molecule has 0 saturated carbocycles. The summed E-state index contributed by atoms with van der Waals surface area (Å²) in [4.78, 5) is 24.5. The van der Waals surface area contributed by atoms with Crippen molar-refractivity contribution in [2.75, 3.05) is 19.7 Å². The summed E-state index contributed by atoms with van der Waals surface area (Å²) in [7, 11) is -3.68. The minimum absolute atomic E-state index is 0.108. The van der Waals surface area contributed by atoms with Crippen molar-refractivity contribution in [3.05, 3.63) is 59.2 Å². The van der Waals surface area contributed by atoms with E-state index in [0.717, 1.165) is 24.8 Å². The number of piperidine rings is 1. The van der Waals surface area contributed by atoms with E-state index in [2.05, 4.69) is 10.9 Å². The molecule has 1 saturated heterocycles. The molecule has 1 heterocycles. The second-order valence-corrected chi connectivity index (χ2v) is 9.46. The molecule has 2 N–H and O–H groups in total. The zero-order chi connectivity index (χ0) is 22.4. The number of hydrogen-bond donors (Lipinski definition) is 2. The fraction of sp³-hybridized carbons (Fsp3) is 0.364. The highest BCUT2D eigenvalue weighted by Gasteiger charge is 2.28. The minimum Gasteiger partial charge on any atom is -0.484 e. The first kappa shape index (κ1) is 22.8. The van der Waals surface area contributed by atoms with Gasteiger partial charge in [-0.1, -0.05) is 24.6 Å². The largest absolute Gasteiger partial charge is 0.484 e. The third-order valence-electron chi connectivity index (χ3n) is 5.06. The van der Waals surface area contributed by atoms with Crippen LogP contribution in [-0.4, -0.2) is 44.2 Å². The Bertz CT molecular complexity index is 1060. The highest BCUT2D eigenvalue weighted by molar-refractivity contribution is 7.89. The lowest BCUT2D eigenvalue weighted by atomic mass is 10.1. The molecule has 2 amide bonds. The number of ether oxygens (including phenoxy) is 1. The normalized spacial score (nSPS) is 14.6. The average Bonchev–Trinajstić information content (AvgIpc) is 2.77. The van der Waals surface area contributed by atoms with E-state index in [1.807, 2.05) is 19.1 Å². The van der Waals surface area contributed by atoms with Crippen LogP contribution in [0.25, 0.3) is 0 Å². The van der Waals surface area contributed by atoms with Crippen LogP contribution in [0.2, 0.25) is 0 Å². The maximum Gasteiger partial charge on any atom is 0.276 e. The Balaban J connectivity index is 1.61. The lowest BCUT2D eigenvalue weighted by molar-refractivity contribution is -0.123. The van der Waals surface area contributed by atoms with Crippen molar-refractivity contribution < 1.29 is 22.7 Å². The smallest absolute Gasteiger partial charge is 0.276 e. The van der Waals surface area contributed by atoms with E-state index in [9.17, 15) is 18.0 Å². The van der Waals surface area contributed by atoms with Crippen molar-refractivity contribution >= 4 is 21.8 Å². The van der Waals surface area contributed by atoms with Crippen LogP contribution < -0.4 is 15.6 Å². The number of nitrogens with zero attached hydrogens (tertiary/aromatic N) is 1. The number of sulfonamides is 1. The lowest BCUT2D eigenvalue weighted by Crippen LogP contribution is -2.44. The summed E-state index contributed by atoms with van der Waals surface area (Å²) in [6.45, 7) is 4.30. The first-order chi connectivity index (χ1) is 14.8. The Kier molecular flexibility index (Phi) is 7.29. The van der Waals surface area contributed by atoms with E-state index < -0.39 is 21.8 Å². The number of amides is 2.